The van der Waals surface area contributed by atoms with E-state index in [4.69, 9.17) is 4.74 Å². The number of H-pyrrole nitrogens is 1. The standard InChI is InChI=1S/C23H25FN6O/c1-15-13-18-19(26-15)7-8-20(22(18)24)28-21-9-10-25-23(29-21)27-16-5-4-6-17(14-16)31-12-11-30(2)3/h4-10,13-14,26H,11-12H2,1-3H3,(H2,25,27,28,29). The largest absolute Gasteiger partial charge is 0.492 e. The minimum absolute atomic E-state index is 0.322. The number of benzene rings is 2. The lowest BCUT2D eigenvalue weighted by Crippen LogP contribution is -2.19. The van der Waals surface area contributed by atoms with Crippen LogP contribution in [0.1, 0.15) is 5.69 Å². The van der Waals surface area contributed by atoms with Gasteiger partial charge in [-0.2, -0.15) is 4.98 Å². The summed E-state index contributed by atoms with van der Waals surface area (Å²) in [5.74, 6) is 1.33. The molecule has 0 aliphatic carbocycles. The summed E-state index contributed by atoms with van der Waals surface area (Å²) < 4.78 is 20.6. The van der Waals surface area contributed by atoms with Crippen molar-refractivity contribution in [2.75, 3.05) is 37.9 Å². The molecule has 160 valence electrons. The van der Waals surface area contributed by atoms with Gasteiger partial charge in [0.15, 0.2) is 5.82 Å². The molecule has 0 fully saturated rings. The summed E-state index contributed by atoms with van der Waals surface area (Å²) in [5, 5.41) is 6.75. The molecule has 0 atom stereocenters. The molecule has 2 aromatic heterocycles. The predicted molar refractivity (Wildman–Crippen MR) is 122 cm³/mol. The van der Waals surface area contributed by atoms with E-state index in [1.54, 1.807) is 24.4 Å². The summed E-state index contributed by atoms with van der Waals surface area (Å²) >= 11 is 0. The zero-order chi connectivity index (χ0) is 21.8. The molecule has 8 heteroatoms. The van der Waals surface area contributed by atoms with Gasteiger partial charge in [0.25, 0.3) is 0 Å². The van der Waals surface area contributed by atoms with Crippen LogP contribution < -0.4 is 15.4 Å². The van der Waals surface area contributed by atoms with Gasteiger partial charge in [-0.15, -0.1) is 0 Å². The molecule has 0 saturated heterocycles. The van der Waals surface area contributed by atoms with E-state index in [1.807, 2.05) is 51.4 Å². The van der Waals surface area contributed by atoms with Gasteiger partial charge in [0.1, 0.15) is 18.2 Å². The van der Waals surface area contributed by atoms with Crippen LogP contribution in [0, 0.1) is 12.7 Å². The number of aryl methyl sites for hydroxylation is 1. The maximum Gasteiger partial charge on any atom is 0.229 e. The molecule has 0 bridgehead atoms. The fourth-order valence-electron chi connectivity index (χ4n) is 3.17. The third-order valence-corrected chi connectivity index (χ3v) is 4.69. The number of aromatic amines is 1. The second kappa shape index (κ2) is 9.01. The number of likely N-dealkylation sites (N-methyl/N-ethyl adjacent to an activating group) is 1. The van der Waals surface area contributed by atoms with Gasteiger partial charge in [-0.25, -0.2) is 9.37 Å². The quantitative estimate of drug-likeness (QED) is 0.379. The summed E-state index contributed by atoms with van der Waals surface area (Å²) in [6.07, 6.45) is 1.62. The molecule has 0 radical (unpaired) electrons. The lowest BCUT2D eigenvalue weighted by Gasteiger charge is -2.12. The van der Waals surface area contributed by atoms with Crippen molar-refractivity contribution in [3.63, 3.8) is 0 Å². The van der Waals surface area contributed by atoms with Gasteiger partial charge in [0, 0.05) is 41.1 Å². The topological polar surface area (TPSA) is 78.1 Å². The minimum atomic E-state index is -0.322. The number of anilines is 4. The molecule has 0 unspecified atom stereocenters. The van der Waals surface area contributed by atoms with Crippen LogP contribution in [0.25, 0.3) is 10.9 Å². The molecule has 0 spiro atoms. The number of rotatable bonds is 8. The second-order valence-electron chi connectivity index (χ2n) is 7.54. The fourth-order valence-corrected chi connectivity index (χ4v) is 3.17. The Hall–Kier alpha value is -3.65. The van der Waals surface area contributed by atoms with E-state index in [-0.39, 0.29) is 5.82 Å². The monoisotopic (exact) mass is 420 g/mol. The summed E-state index contributed by atoms with van der Waals surface area (Å²) in [7, 11) is 4.01. The first-order valence-electron chi connectivity index (χ1n) is 10.0. The van der Waals surface area contributed by atoms with Crippen molar-refractivity contribution in [2.45, 2.75) is 6.92 Å². The molecule has 3 N–H and O–H groups in total. The maximum atomic E-state index is 14.9. The number of fused-ring (bicyclic) bond motifs is 1. The zero-order valence-corrected chi connectivity index (χ0v) is 17.7. The highest BCUT2D eigenvalue weighted by Gasteiger charge is 2.11. The van der Waals surface area contributed by atoms with Crippen molar-refractivity contribution in [3.05, 3.63) is 66.2 Å². The van der Waals surface area contributed by atoms with Crippen LogP contribution in [0.4, 0.5) is 27.5 Å². The van der Waals surface area contributed by atoms with Crippen LogP contribution in [0.5, 0.6) is 5.75 Å². The Bertz CT molecular complexity index is 1190. The van der Waals surface area contributed by atoms with E-state index in [0.717, 1.165) is 29.2 Å². The molecule has 4 rings (SSSR count). The molecule has 2 heterocycles. The molecule has 0 saturated carbocycles. The van der Waals surface area contributed by atoms with Crippen molar-refractivity contribution < 1.29 is 9.13 Å². The van der Waals surface area contributed by atoms with Gasteiger partial charge in [0.2, 0.25) is 5.95 Å². The maximum absolute atomic E-state index is 14.9. The Balaban J connectivity index is 1.47. The van der Waals surface area contributed by atoms with Crippen LogP contribution in [-0.2, 0) is 0 Å². The highest BCUT2D eigenvalue weighted by molar-refractivity contribution is 5.85. The molecular formula is C23H25FN6O. The number of hydrogen-bond acceptors (Lipinski definition) is 6. The number of nitrogens with zero attached hydrogens (tertiary/aromatic N) is 3. The zero-order valence-electron chi connectivity index (χ0n) is 17.7. The molecule has 4 aromatic rings. The van der Waals surface area contributed by atoms with Crippen molar-refractivity contribution in [1.29, 1.82) is 0 Å². The van der Waals surface area contributed by atoms with E-state index < -0.39 is 0 Å². The molecule has 0 aliphatic heterocycles. The summed E-state index contributed by atoms with van der Waals surface area (Å²) in [6, 6.07) is 14.6. The lowest BCUT2D eigenvalue weighted by molar-refractivity contribution is 0.261. The van der Waals surface area contributed by atoms with Crippen molar-refractivity contribution in [2.24, 2.45) is 0 Å². The molecule has 0 amide bonds. The van der Waals surface area contributed by atoms with Gasteiger partial charge in [-0.3, -0.25) is 0 Å². The summed E-state index contributed by atoms with van der Waals surface area (Å²) in [5.41, 5.74) is 2.83. The Morgan fingerprint density at radius 1 is 1.10 bits per heavy atom. The number of nitrogens with one attached hydrogen (secondary N) is 3. The summed E-state index contributed by atoms with van der Waals surface area (Å²) in [6.45, 7) is 3.33. The van der Waals surface area contributed by atoms with E-state index in [2.05, 4.69) is 30.5 Å². The van der Waals surface area contributed by atoms with Crippen molar-refractivity contribution in [1.82, 2.24) is 19.9 Å². The SMILES string of the molecule is Cc1cc2c(F)c(Nc3ccnc(Nc4cccc(OCCN(C)C)c4)n3)ccc2[nH]1. The average molecular weight is 420 g/mol. The van der Waals surface area contributed by atoms with Gasteiger partial charge < -0.3 is 25.3 Å². The first kappa shape index (κ1) is 20.6. The van der Waals surface area contributed by atoms with E-state index in [9.17, 15) is 4.39 Å². The number of hydrogen-bond donors (Lipinski definition) is 3. The van der Waals surface area contributed by atoms with Gasteiger partial charge in [-0.1, -0.05) is 6.07 Å². The Kier molecular flexibility index (Phi) is 5.99. The molecular weight excluding hydrogens is 395 g/mol. The first-order valence-corrected chi connectivity index (χ1v) is 10.0. The van der Waals surface area contributed by atoms with Crippen molar-refractivity contribution >= 4 is 34.0 Å². The Morgan fingerprint density at radius 2 is 1.97 bits per heavy atom. The average Bonchev–Trinajstić information content (AvgIpc) is 3.12. The lowest BCUT2D eigenvalue weighted by atomic mass is 10.2. The van der Waals surface area contributed by atoms with Crippen LogP contribution in [-0.4, -0.2) is 47.1 Å². The predicted octanol–water partition coefficient (Wildman–Crippen LogP) is 4.83. The molecule has 7 nitrogen and oxygen atoms in total. The van der Waals surface area contributed by atoms with Gasteiger partial charge in [-0.05, 0) is 57.4 Å². The van der Waals surface area contributed by atoms with Crippen LogP contribution >= 0.6 is 0 Å². The van der Waals surface area contributed by atoms with Crippen LogP contribution in [0.3, 0.4) is 0 Å². The van der Waals surface area contributed by atoms with Crippen LogP contribution in [0.2, 0.25) is 0 Å². The number of aromatic nitrogens is 3. The van der Waals surface area contributed by atoms with E-state index in [0.29, 0.717) is 29.4 Å². The third-order valence-electron chi connectivity index (χ3n) is 4.69. The molecule has 0 aliphatic rings. The minimum Gasteiger partial charge on any atom is -0.492 e. The van der Waals surface area contributed by atoms with Gasteiger partial charge in [0.05, 0.1) is 5.69 Å². The molecule has 2 aromatic carbocycles. The second-order valence-corrected chi connectivity index (χ2v) is 7.54. The van der Waals surface area contributed by atoms with Crippen molar-refractivity contribution in [3.8, 4) is 5.75 Å². The Labute approximate surface area is 180 Å². The third kappa shape index (κ3) is 5.10. The summed E-state index contributed by atoms with van der Waals surface area (Å²) in [4.78, 5) is 13.9. The number of halogens is 1. The highest BCUT2D eigenvalue weighted by atomic mass is 19.1. The molecule has 31 heavy (non-hydrogen) atoms. The van der Waals surface area contributed by atoms with E-state index in [1.165, 1.54) is 0 Å². The smallest absolute Gasteiger partial charge is 0.229 e. The fraction of sp³-hybridized carbons (Fsp3) is 0.217. The van der Waals surface area contributed by atoms with Gasteiger partial charge >= 0.3 is 0 Å². The normalized spacial score (nSPS) is 11.1. The van der Waals surface area contributed by atoms with Crippen LogP contribution in [0.15, 0.2) is 54.7 Å². The van der Waals surface area contributed by atoms with E-state index >= 15 is 0 Å². The Morgan fingerprint density at radius 3 is 2.81 bits per heavy atom. The number of ether oxygens (including phenoxy) is 1. The highest BCUT2D eigenvalue weighted by Crippen LogP contribution is 2.27. The first-order chi connectivity index (χ1) is 15.0.